The molecule has 1 aliphatic rings. The maximum atomic E-state index is 5.36. The molecule has 0 bridgehead atoms. The molecule has 0 atom stereocenters. The van der Waals surface area contributed by atoms with Crippen LogP contribution in [0.5, 0.6) is 0 Å². The molecule has 86 heavy (non-hydrogen) atoms. The van der Waals surface area contributed by atoms with Crippen LogP contribution >= 0.6 is 0 Å². The normalized spacial score (nSPS) is 12.3. The van der Waals surface area contributed by atoms with Crippen molar-refractivity contribution in [1.29, 1.82) is 0 Å². The van der Waals surface area contributed by atoms with Crippen molar-refractivity contribution in [1.82, 2.24) is 19.5 Å². The van der Waals surface area contributed by atoms with Crippen LogP contribution in [0.1, 0.15) is 22.3 Å². The molecule has 4 nitrogen and oxygen atoms in total. The fraction of sp³-hybridized carbons (Fsp3) is 0.0122. The van der Waals surface area contributed by atoms with E-state index >= 15 is 0 Å². The molecule has 0 amide bonds. The van der Waals surface area contributed by atoms with Gasteiger partial charge in [-0.15, -0.1) is 0 Å². The molecule has 0 fully saturated rings. The van der Waals surface area contributed by atoms with E-state index in [1.54, 1.807) is 0 Å². The zero-order valence-electron chi connectivity index (χ0n) is 47.0. The van der Waals surface area contributed by atoms with Crippen molar-refractivity contribution in [2.75, 3.05) is 0 Å². The SMILES string of the molecule is c1ccc(-c2cc(-c3ccccc3)cc(-c3cccc(-c4nc(-c5ccccc5)nc(-c5cccc(-c6cccc7c6c6cc(-c8ccc9c(c8)C(c8ccccc8)(c8ccccc8)c8ccccc8-9)ccc6n7-c6ccccc6)c5)n4)c3)c2)cc1. The van der Waals surface area contributed by atoms with E-state index in [1.165, 1.54) is 55.3 Å². The van der Waals surface area contributed by atoms with Gasteiger partial charge in [-0.25, -0.2) is 15.0 Å². The molecule has 0 saturated carbocycles. The van der Waals surface area contributed by atoms with Crippen molar-refractivity contribution in [3.8, 4) is 107 Å². The Balaban J connectivity index is 0.841. The molecule has 0 N–H and O–H groups in total. The van der Waals surface area contributed by atoms with Crippen LogP contribution in [0.15, 0.2) is 328 Å². The summed E-state index contributed by atoms with van der Waals surface area (Å²) in [5, 5.41) is 2.34. The Morgan fingerprint density at radius 1 is 0.233 bits per heavy atom. The molecule has 402 valence electrons. The van der Waals surface area contributed by atoms with Crippen LogP contribution in [-0.4, -0.2) is 19.5 Å². The highest BCUT2D eigenvalue weighted by molar-refractivity contribution is 6.17. The minimum absolute atomic E-state index is 0.510. The van der Waals surface area contributed by atoms with Crippen LogP contribution in [0.3, 0.4) is 0 Å². The third-order valence-corrected chi connectivity index (χ3v) is 17.3. The molecule has 1 aliphatic carbocycles. The Hall–Kier alpha value is -11.3. The van der Waals surface area contributed by atoms with E-state index in [-0.39, 0.29) is 0 Å². The second-order valence-electron chi connectivity index (χ2n) is 22.3. The molecule has 0 radical (unpaired) electrons. The Kier molecular flexibility index (Phi) is 12.4. The standard InChI is InChI=1S/C82H54N4/c1-7-24-55(25-8-1)64-50-65(56-26-9-2-10-27-56)52-66(51-64)58-30-21-32-62(48-58)80-83-79(57-28-11-3-12-29-57)84-81(85-80)63-33-22-31-61(49-63)70-41-23-43-77-78(70)73-53-59(45-47-76(73)86(77)69-38-17-6-18-39-69)60-44-46-72-71-40-19-20-42-74(71)82(75(72)54-60,67-34-13-4-14-35-67)68-36-15-5-16-37-68/h1-54H. The van der Waals surface area contributed by atoms with E-state index in [1.807, 2.05) is 18.2 Å². The summed E-state index contributed by atoms with van der Waals surface area (Å²) in [4.78, 5) is 15.9. The predicted molar refractivity (Wildman–Crippen MR) is 355 cm³/mol. The number of para-hydroxylation sites is 1. The number of rotatable bonds is 11. The summed E-state index contributed by atoms with van der Waals surface area (Å²) in [5.74, 6) is 1.81. The Bertz CT molecular complexity index is 4920. The van der Waals surface area contributed by atoms with Crippen molar-refractivity contribution < 1.29 is 0 Å². The number of hydrogen-bond donors (Lipinski definition) is 0. The maximum Gasteiger partial charge on any atom is 0.164 e. The van der Waals surface area contributed by atoms with E-state index in [0.29, 0.717) is 17.5 Å². The second kappa shape index (κ2) is 21.1. The van der Waals surface area contributed by atoms with E-state index in [9.17, 15) is 0 Å². The molecule has 0 aliphatic heterocycles. The average Bonchev–Trinajstić information content (AvgIpc) is 2.29. The van der Waals surface area contributed by atoms with Crippen LogP contribution in [-0.2, 0) is 5.41 Å². The summed E-state index contributed by atoms with van der Waals surface area (Å²) < 4.78 is 2.41. The average molecular weight is 1100 g/mol. The molecule has 16 rings (SSSR count). The second-order valence-corrected chi connectivity index (χ2v) is 22.3. The first kappa shape index (κ1) is 50.4. The number of aromatic nitrogens is 4. The molecule has 13 aromatic carbocycles. The summed E-state index contributed by atoms with van der Waals surface area (Å²) in [5.41, 5.74) is 24.5. The first-order chi connectivity index (χ1) is 42.6. The van der Waals surface area contributed by atoms with Crippen LogP contribution in [0.25, 0.3) is 128 Å². The molecule has 0 unspecified atom stereocenters. The van der Waals surface area contributed by atoms with E-state index in [4.69, 9.17) is 15.0 Å². The summed E-state index contributed by atoms with van der Waals surface area (Å²) in [7, 11) is 0. The van der Waals surface area contributed by atoms with Gasteiger partial charge in [0.15, 0.2) is 17.5 Å². The van der Waals surface area contributed by atoms with E-state index in [0.717, 1.165) is 77.9 Å². The van der Waals surface area contributed by atoms with Crippen molar-refractivity contribution in [3.63, 3.8) is 0 Å². The van der Waals surface area contributed by atoms with Crippen molar-refractivity contribution in [3.05, 3.63) is 350 Å². The van der Waals surface area contributed by atoms with Gasteiger partial charge in [0.05, 0.1) is 16.4 Å². The number of nitrogens with zero attached hydrogens (tertiary/aromatic N) is 4. The molecule has 15 aromatic rings. The van der Waals surface area contributed by atoms with Gasteiger partial charge < -0.3 is 4.57 Å². The molecule has 2 aromatic heterocycles. The summed E-state index contributed by atoms with van der Waals surface area (Å²) in [6.07, 6.45) is 0. The van der Waals surface area contributed by atoms with Crippen LogP contribution in [0.2, 0.25) is 0 Å². The molecule has 0 saturated heterocycles. The number of benzene rings is 13. The topological polar surface area (TPSA) is 43.6 Å². The monoisotopic (exact) mass is 1090 g/mol. The highest BCUT2D eigenvalue weighted by Gasteiger charge is 2.46. The van der Waals surface area contributed by atoms with Gasteiger partial charge in [0.2, 0.25) is 0 Å². The number of fused-ring (bicyclic) bond motifs is 6. The van der Waals surface area contributed by atoms with Crippen molar-refractivity contribution in [2.24, 2.45) is 0 Å². The highest BCUT2D eigenvalue weighted by atomic mass is 15.0. The summed E-state index contributed by atoms with van der Waals surface area (Å²) in [6, 6.07) is 118. The third kappa shape index (κ3) is 8.66. The molecule has 0 spiro atoms. The van der Waals surface area contributed by atoms with Crippen LogP contribution < -0.4 is 0 Å². The maximum absolute atomic E-state index is 5.36. The fourth-order valence-electron chi connectivity index (χ4n) is 13.4. The van der Waals surface area contributed by atoms with Gasteiger partial charge in [0.1, 0.15) is 0 Å². The van der Waals surface area contributed by atoms with Crippen LogP contribution in [0.4, 0.5) is 0 Å². The van der Waals surface area contributed by atoms with E-state index in [2.05, 4.69) is 314 Å². The smallest absolute Gasteiger partial charge is 0.164 e. The van der Waals surface area contributed by atoms with Gasteiger partial charge in [0, 0.05) is 33.2 Å². The lowest BCUT2D eigenvalue weighted by Gasteiger charge is -2.34. The summed E-state index contributed by atoms with van der Waals surface area (Å²) in [6.45, 7) is 0. The molecule has 2 heterocycles. The molecular formula is C82H54N4. The minimum atomic E-state index is -0.510. The minimum Gasteiger partial charge on any atom is -0.309 e. The lowest BCUT2D eigenvalue weighted by Crippen LogP contribution is -2.28. The van der Waals surface area contributed by atoms with Gasteiger partial charge in [-0.1, -0.05) is 261 Å². The number of hydrogen-bond acceptors (Lipinski definition) is 3. The lowest BCUT2D eigenvalue weighted by molar-refractivity contribution is 0.769. The zero-order valence-corrected chi connectivity index (χ0v) is 47.0. The van der Waals surface area contributed by atoms with Gasteiger partial charge in [0.25, 0.3) is 0 Å². The highest BCUT2D eigenvalue weighted by Crippen LogP contribution is 2.57. The summed E-state index contributed by atoms with van der Waals surface area (Å²) >= 11 is 0. The van der Waals surface area contributed by atoms with Crippen LogP contribution in [0, 0.1) is 0 Å². The third-order valence-electron chi connectivity index (χ3n) is 17.3. The quantitative estimate of drug-likeness (QED) is 0.130. The van der Waals surface area contributed by atoms with Gasteiger partial charge in [-0.05, 0) is 156 Å². The molecular weight excluding hydrogens is 1040 g/mol. The fourth-order valence-corrected chi connectivity index (χ4v) is 13.4. The predicted octanol–water partition coefficient (Wildman–Crippen LogP) is 20.7. The zero-order chi connectivity index (χ0) is 57.0. The van der Waals surface area contributed by atoms with E-state index < -0.39 is 5.41 Å². The molecule has 4 heteroatoms. The van der Waals surface area contributed by atoms with Gasteiger partial charge >= 0.3 is 0 Å². The first-order valence-corrected chi connectivity index (χ1v) is 29.4. The Morgan fingerprint density at radius 2 is 0.640 bits per heavy atom. The van der Waals surface area contributed by atoms with Crippen molar-refractivity contribution in [2.45, 2.75) is 5.41 Å². The van der Waals surface area contributed by atoms with Gasteiger partial charge in [-0.3, -0.25) is 0 Å². The van der Waals surface area contributed by atoms with Gasteiger partial charge in [-0.2, -0.15) is 0 Å². The Morgan fingerprint density at radius 3 is 1.26 bits per heavy atom. The lowest BCUT2D eigenvalue weighted by atomic mass is 9.67. The first-order valence-electron chi connectivity index (χ1n) is 29.4. The largest absolute Gasteiger partial charge is 0.309 e. The Labute approximate surface area is 500 Å². The van der Waals surface area contributed by atoms with Crippen molar-refractivity contribution >= 4 is 21.8 Å².